The van der Waals surface area contributed by atoms with Crippen molar-refractivity contribution >= 4 is 45.8 Å². The second-order valence-electron chi connectivity index (χ2n) is 6.80. The molecule has 2 N–H and O–H groups in total. The maximum atomic E-state index is 10.1. The summed E-state index contributed by atoms with van der Waals surface area (Å²) < 4.78 is 0. The van der Waals surface area contributed by atoms with E-state index in [2.05, 4.69) is 42.5 Å². The van der Waals surface area contributed by atoms with E-state index in [9.17, 15) is 10.0 Å². The fraction of sp³-hybridized carbons (Fsp3) is 0.0435. The second kappa shape index (κ2) is 5.84. The Morgan fingerprint density at radius 1 is 0.654 bits per heavy atom. The summed E-state index contributed by atoms with van der Waals surface area (Å²) in [6.45, 7) is 0. The van der Waals surface area contributed by atoms with Crippen molar-refractivity contribution in [2.45, 2.75) is 6.42 Å². The summed E-state index contributed by atoms with van der Waals surface area (Å²) in [5, 5.41) is 24.0. The van der Waals surface area contributed by atoms with Crippen LogP contribution in [0.15, 0.2) is 72.8 Å². The predicted octanol–water partition coefficient (Wildman–Crippen LogP) is 3.77. The maximum Gasteiger partial charge on any atom is 0.489 e. The molecule has 1 aliphatic carbocycles. The van der Waals surface area contributed by atoms with Gasteiger partial charge in [0, 0.05) is 0 Å². The lowest BCUT2D eigenvalue weighted by atomic mass is 9.72. The van der Waals surface area contributed by atoms with Crippen molar-refractivity contribution in [2.75, 3.05) is 0 Å². The van der Waals surface area contributed by atoms with Crippen LogP contribution in [0.5, 0.6) is 0 Å². The maximum absolute atomic E-state index is 10.1. The highest BCUT2D eigenvalue weighted by Crippen LogP contribution is 2.38. The van der Waals surface area contributed by atoms with Crippen LogP contribution in [0.2, 0.25) is 0 Å². The Hall–Kier alpha value is -2.88. The first kappa shape index (κ1) is 15.4. The molecule has 4 aromatic rings. The van der Waals surface area contributed by atoms with Crippen LogP contribution in [0.3, 0.4) is 0 Å². The fourth-order valence-corrected chi connectivity index (χ4v) is 4.23. The molecule has 0 saturated heterocycles. The molecule has 0 amide bonds. The quantitative estimate of drug-likeness (QED) is 0.432. The van der Waals surface area contributed by atoms with Gasteiger partial charge in [-0.2, -0.15) is 0 Å². The van der Waals surface area contributed by atoms with Crippen LogP contribution in [-0.2, 0) is 6.42 Å². The molecule has 0 aromatic heterocycles. The van der Waals surface area contributed by atoms with E-state index in [1.807, 2.05) is 36.4 Å². The molecule has 124 valence electrons. The summed E-state index contributed by atoms with van der Waals surface area (Å²) in [6, 6.07) is 24.5. The summed E-state index contributed by atoms with van der Waals surface area (Å²) in [6.07, 6.45) is 3.16. The molecule has 3 heteroatoms. The molecule has 0 bridgehead atoms. The van der Waals surface area contributed by atoms with Gasteiger partial charge < -0.3 is 10.0 Å². The third-order valence-electron chi connectivity index (χ3n) is 5.32. The van der Waals surface area contributed by atoms with Gasteiger partial charge in [-0.1, -0.05) is 78.9 Å². The van der Waals surface area contributed by atoms with E-state index in [4.69, 9.17) is 0 Å². The largest absolute Gasteiger partial charge is 0.489 e. The Morgan fingerprint density at radius 3 is 1.77 bits per heavy atom. The Balaban J connectivity index is 1.90. The van der Waals surface area contributed by atoms with Gasteiger partial charge in [0.05, 0.1) is 0 Å². The van der Waals surface area contributed by atoms with Gasteiger partial charge in [0.15, 0.2) is 0 Å². The Kier molecular flexibility index (Phi) is 3.45. The number of benzene rings is 4. The van der Waals surface area contributed by atoms with Crippen molar-refractivity contribution in [3.8, 4) is 0 Å². The lowest BCUT2D eigenvalue weighted by Crippen LogP contribution is -2.31. The molecule has 26 heavy (non-hydrogen) atoms. The molecule has 2 nitrogen and oxygen atoms in total. The van der Waals surface area contributed by atoms with Crippen molar-refractivity contribution in [1.29, 1.82) is 0 Å². The van der Waals surface area contributed by atoms with E-state index in [0.29, 0.717) is 5.46 Å². The summed E-state index contributed by atoms with van der Waals surface area (Å²) in [4.78, 5) is 0. The first-order valence-corrected chi connectivity index (χ1v) is 8.82. The molecule has 0 heterocycles. The molecule has 5 rings (SSSR count). The van der Waals surface area contributed by atoms with E-state index < -0.39 is 7.12 Å². The van der Waals surface area contributed by atoms with Gasteiger partial charge in [-0.15, -0.1) is 0 Å². The molecule has 4 aromatic carbocycles. The Bertz CT molecular complexity index is 1130. The third-order valence-corrected chi connectivity index (χ3v) is 5.32. The minimum Gasteiger partial charge on any atom is -0.423 e. The molecule has 0 unspecified atom stereocenters. The first-order chi connectivity index (χ1) is 12.7. The Morgan fingerprint density at radius 2 is 1.19 bits per heavy atom. The van der Waals surface area contributed by atoms with Crippen molar-refractivity contribution in [3.63, 3.8) is 0 Å². The molecular formula is C23H17BO2. The van der Waals surface area contributed by atoms with Crippen LogP contribution in [0.4, 0.5) is 0 Å². The number of fused-ring (bicyclic) bond motifs is 3. The molecule has 0 atom stereocenters. The van der Waals surface area contributed by atoms with Crippen molar-refractivity contribution in [1.82, 2.24) is 0 Å². The molecule has 1 aliphatic rings. The average Bonchev–Trinajstić information content (AvgIpc) is 3.09. The van der Waals surface area contributed by atoms with Gasteiger partial charge in [-0.25, -0.2) is 0 Å². The minimum atomic E-state index is -1.51. The summed E-state index contributed by atoms with van der Waals surface area (Å²) in [7, 11) is -1.51. The van der Waals surface area contributed by atoms with Gasteiger partial charge in [0.1, 0.15) is 0 Å². The minimum absolute atomic E-state index is 0.580. The SMILES string of the molecule is OB(O)c1c2ccccc2c(C2=Cc3ccccc3C2)c2ccccc12. The van der Waals surface area contributed by atoms with Crippen molar-refractivity contribution in [3.05, 3.63) is 89.5 Å². The van der Waals surface area contributed by atoms with E-state index >= 15 is 0 Å². The standard InChI is InChI=1S/C23H17BO2/c25-24(26)23-20-11-5-3-9-18(20)22(19-10-4-6-12-21(19)23)17-13-15-7-1-2-8-16(15)14-17/h1-13,25-26H,14H2. The van der Waals surface area contributed by atoms with Crippen LogP contribution in [0.25, 0.3) is 33.2 Å². The lowest BCUT2D eigenvalue weighted by molar-refractivity contribution is 0.426. The summed E-state index contributed by atoms with van der Waals surface area (Å²) in [5.74, 6) is 0. The zero-order valence-corrected chi connectivity index (χ0v) is 14.2. The molecule has 0 radical (unpaired) electrons. The topological polar surface area (TPSA) is 40.5 Å². The number of rotatable bonds is 2. The number of hydrogen-bond acceptors (Lipinski definition) is 2. The highest BCUT2D eigenvalue weighted by Gasteiger charge is 2.24. The third kappa shape index (κ3) is 2.22. The lowest BCUT2D eigenvalue weighted by Gasteiger charge is -2.17. The molecular weight excluding hydrogens is 319 g/mol. The van der Waals surface area contributed by atoms with E-state index in [0.717, 1.165) is 28.0 Å². The van der Waals surface area contributed by atoms with Crippen LogP contribution in [0, 0.1) is 0 Å². The Labute approximate surface area is 152 Å². The summed E-state index contributed by atoms with van der Waals surface area (Å²) >= 11 is 0. The molecule has 0 saturated carbocycles. The van der Waals surface area contributed by atoms with Gasteiger partial charge in [0.25, 0.3) is 0 Å². The van der Waals surface area contributed by atoms with Gasteiger partial charge >= 0.3 is 7.12 Å². The first-order valence-electron chi connectivity index (χ1n) is 8.82. The van der Waals surface area contributed by atoms with E-state index in [-0.39, 0.29) is 0 Å². The monoisotopic (exact) mass is 336 g/mol. The smallest absolute Gasteiger partial charge is 0.423 e. The van der Waals surface area contributed by atoms with Crippen molar-refractivity contribution < 1.29 is 10.0 Å². The average molecular weight is 336 g/mol. The van der Waals surface area contributed by atoms with Gasteiger partial charge in [0.2, 0.25) is 0 Å². The van der Waals surface area contributed by atoms with Crippen molar-refractivity contribution in [2.24, 2.45) is 0 Å². The van der Waals surface area contributed by atoms with Crippen LogP contribution in [-0.4, -0.2) is 17.2 Å². The van der Waals surface area contributed by atoms with E-state index in [1.54, 1.807) is 0 Å². The highest BCUT2D eigenvalue weighted by atomic mass is 16.4. The number of allylic oxidation sites excluding steroid dienone is 1. The highest BCUT2D eigenvalue weighted by molar-refractivity contribution is 6.65. The normalized spacial score (nSPS) is 13.1. The summed E-state index contributed by atoms with van der Waals surface area (Å²) in [5.41, 5.74) is 5.65. The zero-order valence-electron chi connectivity index (χ0n) is 14.2. The zero-order chi connectivity index (χ0) is 17.7. The predicted molar refractivity (Wildman–Crippen MR) is 109 cm³/mol. The molecule has 0 aliphatic heterocycles. The van der Waals surface area contributed by atoms with Gasteiger partial charge in [-0.05, 0) is 55.7 Å². The van der Waals surface area contributed by atoms with Crippen LogP contribution >= 0.6 is 0 Å². The number of hydrogen-bond donors (Lipinski definition) is 2. The van der Waals surface area contributed by atoms with E-state index in [1.165, 1.54) is 22.3 Å². The van der Waals surface area contributed by atoms with Gasteiger partial charge in [-0.3, -0.25) is 0 Å². The second-order valence-corrected chi connectivity index (χ2v) is 6.80. The van der Waals surface area contributed by atoms with Crippen LogP contribution in [0.1, 0.15) is 16.7 Å². The molecule has 0 spiro atoms. The molecule has 0 fully saturated rings. The fourth-order valence-electron chi connectivity index (χ4n) is 4.23. The van der Waals surface area contributed by atoms with Crippen LogP contribution < -0.4 is 5.46 Å².